The number of rotatable bonds is 6. The highest BCUT2D eigenvalue weighted by Crippen LogP contribution is 2.39. The molecule has 9 nitrogen and oxygen atoms in total. The van der Waals surface area contributed by atoms with Crippen LogP contribution in [0.1, 0.15) is 59.0 Å². The Bertz CT molecular complexity index is 1110. The third-order valence-corrected chi connectivity index (χ3v) is 8.15. The second-order valence-electron chi connectivity index (χ2n) is 8.57. The van der Waals surface area contributed by atoms with Gasteiger partial charge >= 0.3 is 16.1 Å². The Hall–Kier alpha value is -2.43. The number of amides is 1. The molecule has 1 atom stereocenters. The second kappa shape index (κ2) is 8.49. The molecule has 1 unspecified atom stereocenters. The predicted octanol–water partition coefficient (Wildman–Crippen LogP) is 2.48. The predicted molar refractivity (Wildman–Crippen MR) is 118 cm³/mol. The van der Waals surface area contributed by atoms with Crippen LogP contribution in [0.4, 0.5) is 11.7 Å². The molecule has 0 spiro atoms. The molecule has 172 valence electrons. The molecule has 5 rings (SSSR count). The standard InChI is InChI=1S/C22H28N4O5S/c1-2-16-13-30-10-9-26(16)32(28,29)25-21(27)19-12-23-22(31-19)24-20-17-7-3-5-14(17)11-15-6-4-8-18(15)20/h11-12,16H,2-10,13H2,1H3,(H,23,24)(H,25,27). The van der Waals surface area contributed by atoms with Crippen LogP contribution in [0.5, 0.6) is 0 Å². The molecule has 2 aromatic rings. The molecular formula is C22H28N4O5S. The number of carbonyl (C=O) groups is 1. The van der Waals surface area contributed by atoms with Crippen LogP contribution >= 0.6 is 0 Å². The fourth-order valence-corrected chi connectivity index (χ4v) is 6.38. The van der Waals surface area contributed by atoms with Crippen molar-refractivity contribution < 1.29 is 22.4 Å². The fraction of sp³-hybridized carbons (Fsp3) is 0.545. The van der Waals surface area contributed by atoms with E-state index in [1.807, 2.05) is 6.92 Å². The molecule has 10 heteroatoms. The quantitative estimate of drug-likeness (QED) is 0.681. The van der Waals surface area contributed by atoms with Crippen molar-refractivity contribution in [2.45, 2.75) is 57.9 Å². The third-order valence-electron chi connectivity index (χ3n) is 6.61. The summed E-state index contributed by atoms with van der Waals surface area (Å²) in [7, 11) is -4.01. The lowest BCUT2D eigenvalue weighted by atomic mass is 9.99. The first-order chi connectivity index (χ1) is 15.5. The fourth-order valence-electron chi connectivity index (χ4n) is 5.01. The minimum absolute atomic E-state index is 0.151. The van der Waals surface area contributed by atoms with Gasteiger partial charge in [-0.2, -0.15) is 12.7 Å². The SMILES string of the molecule is CCC1COCCN1S(=O)(=O)NC(=O)c1cnc(Nc2c3c(cc4c2CCC4)CCC3)o1. The lowest BCUT2D eigenvalue weighted by molar-refractivity contribution is 0.0307. The van der Waals surface area contributed by atoms with Crippen LogP contribution in [0, 0.1) is 0 Å². The van der Waals surface area contributed by atoms with Gasteiger partial charge in [0.1, 0.15) is 0 Å². The van der Waals surface area contributed by atoms with E-state index in [1.165, 1.54) is 32.8 Å². The van der Waals surface area contributed by atoms with E-state index in [9.17, 15) is 13.2 Å². The van der Waals surface area contributed by atoms with Gasteiger partial charge in [-0.1, -0.05) is 13.0 Å². The van der Waals surface area contributed by atoms with Gasteiger partial charge in [0, 0.05) is 18.3 Å². The number of oxazole rings is 1. The van der Waals surface area contributed by atoms with Crippen LogP contribution in [-0.2, 0) is 40.6 Å². The summed E-state index contributed by atoms with van der Waals surface area (Å²) in [6.45, 7) is 2.70. The number of aryl methyl sites for hydroxylation is 2. The maximum absolute atomic E-state index is 12.8. The Morgan fingerprint density at radius 3 is 2.59 bits per heavy atom. The Morgan fingerprint density at radius 2 is 1.91 bits per heavy atom. The summed E-state index contributed by atoms with van der Waals surface area (Å²) in [5, 5.41) is 3.29. The summed E-state index contributed by atoms with van der Waals surface area (Å²) < 4.78 is 39.9. The van der Waals surface area contributed by atoms with Gasteiger partial charge in [-0.15, -0.1) is 0 Å². The van der Waals surface area contributed by atoms with Gasteiger partial charge in [0.2, 0.25) is 5.76 Å². The molecule has 32 heavy (non-hydrogen) atoms. The number of nitrogens with one attached hydrogen (secondary N) is 2. The van der Waals surface area contributed by atoms with Crippen LogP contribution in [0.2, 0.25) is 0 Å². The van der Waals surface area contributed by atoms with Gasteiger partial charge in [-0.05, 0) is 67.2 Å². The molecule has 1 amide bonds. The number of morpholine rings is 1. The van der Waals surface area contributed by atoms with Crippen LogP contribution < -0.4 is 10.0 Å². The number of benzene rings is 1. The molecule has 0 saturated carbocycles. The highest BCUT2D eigenvalue weighted by atomic mass is 32.2. The Morgan fingerprint density at radius 1 is 1.19 bits per heavy atom. The van der Waals surface area contributed by atoms with E-state index in [-0.39, 0.29) is 24.4 Å². The molecule has 2 aliphatic carbocycles. The van der Waals surface area contributed by atoms with E-state index >= 15 is 0 Å². The first-order valence-electron chi connectivity index (χ1n) is 11.3. The topological polar surface area (TPSA) is 114 Å². The average molecular weight is 461 g/mol. The summed E-state index contributed by atoms with van der Waals surface area (Å²) in [5.41, 5.74) is 6.40. The van der Waals surface area contributed by atoms with Crippen LogP contribution in [0.15, 0.2) is 16.7 Å². The monoisotopic (exact) mass is 460 g/mol. The average Bonchev–Trinajstić information content (AvgIpc) is 3.53. The first kappa shape index (κ1) is 21.4. The molecular weight excluding hydrogens is 432 g/mol. The smallest absolute Gasteiger partial charge is 0.304 e. The van der Waals surface area contributed by atoms with Crippen molar-refractivity contribution in [2.24, 2.45) is 0 Å². The highest BCUT2D eigenvalue weighted by molar-refractivity contribution is 7.87. The summed E-state index contributed by atoms with van der Waals surface area (Å²) in [4.78, 5) is 16.8. The third kappa shape index (κ3) is 3.91. The maximum Gasteiger partial charge on any atom is 0.304 e. The van der Waals surface area contributed by atoms with E-state index in [0.717, 1.165) is 44.2 Å². The minimum atomic E-state index is -4.01. The van der Waals surface area contributed by atoms with Gasteiger partial charge < -0.3 is 14.5 Å². The van der Waals surface area contributed by atoms with Gasteiger partial charge in [0.15, 0.2) is 0 Å². The van der Waals surface area contributed by atoms with E-state index in [1.54, 1.807) is 0 Å². The van der Waals surface area contributed by atoms with E-state index in [2.05, 4.69) is 21.1 Å². The number of carbonyl (C=O) groups excluding carboxylic acids is 1. The normalized spacial score (nSPS) is 20.7. The number of nitrogens with zero attached hydrogens (tertiary/aromatic N) is 2. The second-order valence-corrected chi connectivity index (χ2v) is 10.2. The number of hydrogen-bond donors (Lipinski definition) is 2. The van der Waals surface area contributed by atoms with Crippen LogP contribution in [0.25, 0.3) is 0 Å². The zero-order valence-electron chi connectivity index (χ0n) is 18.1. The molecule has 0 radical (unpaired) electrons. The summed E-state index contributed by atoms with van der Waals surface area (Å²) >= 11 is 0. The van der Waals surface area contributed by atoms with E-state index in [4.69, 9.17) is 9.15 Å². The molecule has 1 fully saturated rings. The molecule has 2 N–H and O–H groups in total. The number of anilines is 2. The van der Waals surface area contributed by atoms with Crippen molar-refractivity contribution >= 4 is 27.8 Å². The van der Waals surface area contributed by atoms with E-state index < -0.39 is 16.1 Å². The molecule has 2 heterocycles. The van der Waals surface area contributed by atoms with Crippen molar-refractivity contribution in [1.82, 2.24) is 14.0 Å². The molecule has 3 aliphatic rings. The van der Waals surface area contributed by atoms with Crippen molar-refractivity contribution in [2.75, 3.05) is 25.1 Å². The van der Waals surface area contributed by atoms with Crippen molar-refractivity contribution in [3.63, 3.8) is 0 Å². The highest BCUT2D eigenvalue weighted by Gasteiger charge is 2.34. The lowest BCUT2D eigenvalue weighted by Crippen LogP contribution is -2.53. The Kier molecular flexibility index (Phi) is 5.68. The molecule has 1 aliphatic heterocycles. The van der Waals surface area contributed by atoms with Gasteiger partial charge in [-0.25, -0.2) is 9.71 Å². The number of hydrogen-bond acceptors (Lipinski definition) is 7. The summed E-state index contributed by atoms with van der Waals surface area (Å²) in [6, 6.07) is 2.23. The number of ether oxygens (including phenoxy) is 1. The van der Waals surface area contributed by atoms with Gasteiger partial charge in [-0.3, -0.25) is 4.79 Å². The maximum atomic E-state index is 12.8. The number of aromatic nitrogens is 1. The van der Waals surface area contributed by atoms with Gasteiger partial charge in [0.25, 0.3) is 6.01 Å². The zero-order chi connectivity index (χ0) is 22.3. The number of fused-ring (bicyclic) bond motifs is 2. The van der Waals surface area contributed by atoms with Crippen LogP contribution in [0.3, 0.4) is 0 Å². The van der Waals surface area contributed by atoms with Crippen molar-refractivity contribution in [3.8, 4) is 0 Å². The molecule has 1 aromatic carbocycles. The van der Waals surface area contributed by atoms with Crippen molar-refractivity contribution in [1.29, 1.82) is 0 Å². The zero-order valence-corrected chi connectivity index (χ0v) is 19.0. The van der Waals surface area contributed by atoms with E-state index in [0.29, 0.717) is 19.6 Å². The minimum Gasteiger partial charge on any atom is -0.418 e. The lowest BCUT2D eigenvalue weighted by Gasteiger charge is -2.33. The summed E-state index contributed by atoms with van der Waals surface area (Å²) in [5.74, 6) is -0.989. The Labute approximate surface area is 187 Å². The van der Waals surface area contributed by atoms with Crippen molar-refractivity contribution in [3.05, 3.63) is 40.3 Å². The first-order valence-corrected chi connectivity index (χ1v) is 12.7. The summed E-state index contributed by atoms with van der Waals surface area (Å²) in [6.07, 6.45) is 8.28. The molecule has 0 bridgehead atoms. The Balaban J connectivity index is 1.33. The van der Waals surface area contributed by atoms with Crippen LogP contribution in [-0.4, -0.2) is 49.4 Å². The molecule has 1 saturated heterocycles. The molecule has 1 aromatic heterocycles. The van der Waals surface area contributed by atoms with Gasteiger partial charge in [0.05, 0.1) is 19.4 Å². The largest absolute Gasteiger partial charge is 0.418 e.